The summed E-state index contributed by atoms with van der Waals surface area (Å²) >= 11 is 0. The molecule has 0 radical (unpaired) electrons. The van der Waals surface area contributed by atoms with Crippen molar-refractivity contribution in [3.8, 4) is 5.75 Å². The Hall–Kier alpha value is -1.71. The van der Waals surface area contributed by atoms with Crippen LogP contribution in [0.4, 0.5) is 11.4 Å². The summed E-state index contributed by atoms with van der Waals surface area (Å²) in [6.07, 6.45) is -0.402. The average molecular weight is 220 g/mol. The van der Waals surface area contributed by atoms with E-state index in [4.69, 9.17) is 10.5 Å². The van der Waals surface area contributed by atoms with Crippen molar-refractivity contribution in [2.24, 2.45) is 5.92 Å². The van der Waals surface area contributed by atoms with E-state index >= 15 is 0 Å². The van der Waals surface area contributed by atoms with Crippen LogP contribution in [-0.2, 0) is 4.79 Å². The van der Waals surface area contributed by atoms with Gasteiger partial charge in [-0.2, -0.15) is 0 Å². The molecule has 1 heterocycles. The third-order valence-electron chi connectivity index (χ3n) is 2.78. The normalized spacial score (nSPS) is 19.6. The minimum Gasteiger partial charge on any atom is -0.478 e. The highest BCUT2D eigenvalue weighted by Gasteiger charge is 2.34. The minimum atomic E-state index is -0.402. The molecule has 4 nitrogen and oxygen atoms in total. The molecule has 2 rings (SSSR count). The summed E-state index contributed by atoms with van der Waals surface area (Å²) in [6.45, 7) is 3.94. The molecule has 86 valence electrons. The number of nitrogens with two attached hydrogens (primary N) is 1. The number of fused-ring (bicyclic) bond motifs is 1. The zero-order valence-electron chi connectivity index (χ0n) is 9.73. The summed E-state index contributed by atoms with van der Waals surface area (Å²) in [5.41, 5.74) is 7.06. The van der Waals surface area contributed by atoms with Gasteiger partial charge in [0.15, 0.2) is 6.10 Å². The van der Waals surface area contributed by atoms with Crippen molar-refractivity contribution in [3.05, 3.63) is 18.2 Å². The van der Waals surface area contributed by atoms with Crippen LogP contribution in [0.2, 0.25) is 0 Å². The number of hydrogen-bond acceptors (Lipinski definition) is 3. The maximum Gasteiger partial charge on any atom is 0.268 e. The largest absolute Gasteiger partial charge is 0.478 e. The molecule has 1 aromatic carbocycles. The fourth-order valence-electron chi connectivity index (χ4n) is 1.81. The SMILES string of the molecule is CC(C)C1Oc2ccc(N)cc2N(C)C1=O. The molecule has 1 aromatic rings. The van der Waals surface area contributed by atoms with Crippen LogP contribution in [-0.4, -0.2) is 19.1 Å². The predicted octanol–water partition coefficient (Wildman–Crippen LogP) is 1.65. The number of ether oxygens (including phenoxy) is 1. The molecule has 0 bridgehead atoms. The van der Waals surface area contributed by atoms with Crippen LogP contribution in [0.3, 0.4) is 0 Å². The Morgan fingerprint density at radius 3 is 2.75 bits per heavy atom. The highest BCUT2D eigenvalue weighted by Crippen LogP contribution is 2.36. The quantitative estimate of drug-likeness (QED) is 0.732. The maximum absolute atomic E-state index is 12.0. The number of rotatable bonds is 1. The number of likely N-dealkylation sites (N-methyl/N-ethyl adjacent to an activating group) is 1. The molecular weight excluding hydrogens is 204 g/mol. The van der Waals surface area contributed by atoms with Crippen molar-refractivity contribution < 1.29 is 9.53 Å². The first-order valence-electron chi connectivity index (χ1n) is 5.34. The first kappa shape index (κ1) is 10.8. The fourth-order valence-corrected chi connectivity index (χ4v) is 1.81. The van der Waals surface area contributed by atoms with Gasteiger partial charge in [-0.05, 0) is 24.1 Å². The lowest BCUT2D eigenvalue weighted by atomic mass is 10.0. The Kier molecular flexibility index (Phi) is 2.50. The minimum absolute atomic E-state index is 0.0203. The van der Waals surface area contributed by atoms with Gasteiger partial charge >= 0.3 is 0 Å². The molecule has 0 fully saturated rings. The fraction of sp³-hybridized carbons (Fsp3) is 0.417. The molecule has 1 aliphatic heterocycles. The summed E-state index contributed by atoms with van der Waals surface area (Å²) in [4.78, 5) is 13.6. The maximum atomic E-state index is 12.0. The van der Waals surface area contributed by atoms with Crippen molar-refractivity contribution in [2.45, 2.75) is 20.0 Å². The summed E-state index contributed by atoms with van der Waals surface area (Å²) in [5.74, 6) is 0.851. The lowest BCUT2D eigenvalue weighted by molar-refractivity contribution is -0.127. The third kappa shape index (κ3) is 1.60. The van der Waals surface area contributed by atoms with Gasteiger partial charge in [-0.15, -0.1) is 0 Å². The van der Waals surface area contributed by atoms with Crippen LogP contribution >= 0.6 is 0 Å². The summed E-state index contributed by atoms with van der Waals surface area (Å²) in [6, 6.07) is 5.34. The number of hydrogen-bond donors (Lipinski definition) is 1. The zero-order chi connectivity index (χ0) is 11.9. The van der Waals surface area contributed by atoms with E-state index in [2.05, 4.69) is 0 Å². The summed E-state index contributed by atoms with van der Waals surface area (Å²) in [5, 5.41) is 0. The van der Waals surface area contributed by atoms with Crippen LogP contribution < -0.4 is 15.4 Å². The van der Waals surface area contributed by atoms with Gasteiger partial charge in [0.05, 0.1) is 5.69 Å². The van der Waals surface area contributed by atoms with Gasteiger partial charge in [0.2, 0.25) is 0 Å². The Morgan fingerprint density at radius 1 is 1.44 bits per heavy atom. The molecule has 0 saturated carbocycles. The molecule has 0 aromatic heterocycles. The van der Waals surface area contributed by atoms with E-state index in [0.717, 1.165) is 11.4 Å². The third-order valence-corrected chi connectivity index (χ3v) is 2.78. The molecule has 4 heteroatoms. The molecule has 1 aliphatic rings. The number of benzene rings is 1. The Balaban J connectivity index is 2.44. The van der Waals surface area contributed by atoms with Crippen molar-refractivity contribution in [3.63, 3.8) is 0 Å². The molecule has 1 atom stereocenters. The monoisotopic (exact) mass is 220 g/mol. The highest BCUT2D eigenvalue weighted by molar-refractivity contribution is 6.00. The first-order valence-corrected chi connectivity index (χ1v) is 5.34. The Bertz CT molecular complexity index is 429. The number of nitrogen functional groups attached to an aromatic ring is 1. The number of carbonyl (C=O) groups excluding carboxylic acids is 1. The smallest absolute Gasteiger partial charge is 0.268 e. The zero-order valence-corrected chi connectivity index (χ0v) is 9.73. The second-order valence-corrected chi connectivity index (χ2v) is 4.41. The highest BCUT2D eigenvalue weighted by atomic mass is 16.5. The van der Waals surface area contributed by atoms with E-state index in [1.54, 1.807) is 24.1 Å². The lowest BCUT2D eigenvalue weighted by Gasteiger charge is -2.33. The predicted molar refractivity (Wildman–Crippen MR) is 63.5 cm³/mol. The average Bonchev–Trinajstić information content (AvgIpc) is 2.23. The van der Waals surface area contributed by atoms with Crippen LogP contribution in [0.25, 0.3) is 0 Å². The summed E-state index contributed by atoms with van der Waals surface area (Å²) < 4.78 is 5.68. The van der Waals surface area contributed by atoms with Crippen LogP contribution in [0.5, 0.6) is 5.75 Å². The summed E-state index contributed by atoms with van der Waals surface area (Å²) in [7, 11) is 1.75. The van der Waals surface area contributed by atoms with Gasteiger partial charge in [-0.1, -0.05) is 13.8 Å². The molecular formula is C12H16N2O2. The van der Waals surface area contributed by atoms with E-state index in [0.29, 0.717) is 5.69 Å². The molecule has 16 heavy (non-hydrogen) atoms. The van der Waals surface area contributed by atoms with Crippen LogP contribution in [0, 0.1) is 5.92 Å². The van der Waals surface area contributed by atoms with Gasteiger partial charge < -0.3 is 15.4 Å². The molecule has 2 N–H and O–H groups in total. The van der Waals surface area contributed by atoms with Crippen molar-refractivity contribution in [1.29, 1.82) is 0 Å². The molecule has 0 saturated heterocycles. The topological polar surface area (TPSA) is 55.6 Å². The Labute approximate surface area is 95.0 Å². The van der Waals surface area contributed by atoms with Gasteiger partial charge in [0.1, 0.15) is 5.75 Å². The standard InChI is InChI=1S/C12H16N2O2/c1-7(2)11-12(15)14(3)9-6-8(13)4-5-10(9)16-11/h4-7,11H,13H2,1-3H3. The second-order valence-electron chi connectivity index (χ2n) is 4.41. The van der Waals surface area contributed by atoms with E-state index < -0.39 is 6.10 Å². The first-order chi connectivity index (χ1) is 7.50. The van der Waals surface area contributed by atoms with Gasteiger partial charge in [0, 0.05) is 12.7 Å². The Morgan fingerprint density at radius 2 is 2.12 bits per heavy atom. The van der Waals surface area contributed by atoms with Crippen molar-refractivity contribution in [2.75, 3.05) is 17.7 Å². The molecule has 0 aliphatic carbocycles. The number of carbonyl (C=O) groups is 1. The van der Waals surface area contributed by atoms with Crippen LogP contribution in [0.15, 0.2) is 18.2 Å². The number of nitrogens with zero attached hydrogens (tertiary/aromatic N) is 1. The molecule has 1 unspecified atom stereocenters. The molecule has 0 spiro atoms. The molecule has 1 amide bonds. The van der Waals surface area contributed by atoms with Crippen molar-refractivity contribution >= 4 is 17.3 Å². The van der Waals surface area contributed by atoms with Gasteiger partial charge in [-0.3, -0.25) is 4.79 Å². The van der Waals surface area contributed by atoms with E-state index in [1.165, 1.54) is 0 Å². The van der Waals surface area contributed by atoms with E-state index in [-0.39, 0.29) is 11.8 Å². The van der Waals surface area contributed by atoms with Gasteiger partial charge in [-0.25, -0.2) is 0 Å². The lowest BCUT2D eigenvalue weighted by Crippen LogP contribution is -2.46. The second kappa shape index (κ2) is 3.70. The number of amides is 1. The van der Waals surface area contributed by atoms with E-state index in [9.17, 15) is 4.79 Å². The van der Waals surface area contributed by atoms with Crippen LogP contribution in [0.1, 0.15) is 13.8 Å². The van der Waals surface area contributed by atoms with Gasteiger partial charge in [0.25, 0.3) is 5.91 Å². The number of anilines is 2. The van der Waals surface area contributed by atoms with Crippen molar-refractivity contribution in [1.82, 2.24) is 0 Å². The van der Waals surface area contributed by atoms with E-state index in [1.807, 2.05) is 19.9 Å².